The summed E-state index contributed by atoms with van der Waals surface area (Å²) in [6, 6.07) is 10.3. The number of carbonyl (C=O) groups is 2. The van der Waals surface area contributed by atoms with E-state index in [0.29, 0.717) is 37.9 Å². The maximum atomic E-state index is 12.8. The first-order chi connectivity index (χ1) is 14.9. The Kier molecular flexibility index (Phi) is 6.07. The fourth-order valence-electron chi connectivity index (χ4n) is 3.18. The molecule has 2 aromatic rings. The van der Waals surface area contributed by atoms with Gasteiger partial charge in [0, 0.05) is 24.2 Å². The van der Waals surface area contributed by atoms with E-state index in [2.05, 4.69) is 10.9 Å². The predicted octanol–water partition coefficient (Wildman–Crippen LogP) is 0.553. The van der Waals surface area contributed by atoms with Crippen LogP contribution in [0.1, 0.15) is 20.7 Å². The van der Waals surface area contributed by atoms with E-state index in [4.69, 9.17) is 14.2 Å². The quantitative estimate of drug-likeness (QED) is 0.656. The van der Waals surface area contributed by atoms with Gasteiger partial charge in [0.1, 0.15) is 13.2 Å². The maximum Gasteiger partial charge on any atom is 0.269 e. The molecule has 2 heterocycles. The number of nitrogens with one attached hydrogen (secondary N) is 2. The molecule has 2 amide bonds. The van der Waals surface area contributed by atoms with Crippen molar-refractivity contribution >= 4 is 21.8 Å². The van der Waals surface area contributed by atoms with E-state index >= 15 is 0 Å². The van der Waals surface area contributed by atoms with Crippen LogP contribution in [0.5, 0.6) is 11.5 Å². The summed E-state index contributed by atoms with van der Waals surface area (Å²) in [5, 5.41) is 0. The van der Waals surface area contributed by atoms with Crippen molar-refractivity contribution in [3.8, 4) is 11.5 Å². The first-order valence-corrected chi connectivity index (χ1v) is 11.1. The molecule has 0 aliphatic carbocycles. The van der Waals surface area contributed by atoms with E-state index in [-0.39, 0.29) is 29.1 Å². The second-order valence-corrected chi connectivity index (χ2v) is 8.75. The number of hydrogen-bond acceptors (Lipinski definition) is 7. The van der Waals surface area contributed by atoms with Gasteiger partial charge in [0.05, 0.1) is 18.1 Å². The fraction of sp³-hybridized carbons (Fsp3) is 0.300. The van der Waals surface area contributed by atoms with Crippen molar-refractivity contribution in [2.24, 2.45) is 0 Å². The van der Waals surface area contributed by atoms with Crippen LogP contribution in [0.4, 0.5) is 0 Å². The predicted molar refractivity (Wildman–Crippen MR) is 108 cm³/mol. The highest BCUT2D eigenvalue weighted by atomic mass is 32.2. The van der Waals surface area contributed by atoms with E-state index in [1.54, 1.807) is 12.1 Å². The van der Waals surface area contributed by atoms with Crippen molar-refractivity contribution in [1.29, 1.82) is 0 Å². The van der Waals surface area contributed by atoms with Gasteiger partial charge in [-0.25, -0.2) is 8.42 Å². The zero-order valence-electron chi connectivity index (χ0n) is 16.5. The minimum atomic E-state index is -3.74. The Bertz CT molecular complexity index is 1100. The Balaban J connectivity index is 1.42. The molecule has 0 saturated carbocycles. The number of nitrogens with zero attached hydrogens (tertiary/aromatic N) is 1. The summed E-state index contributed by atoms with van der Waals surface area (Å²) in [5.74, 6) is -0.205. The molecule has 2 aromatic carbocycles. The van der Waals surface area contributed by atoms with Crippen molar-refractivity contribution in [3.63, 3.8) is 0 Å². The summed E-state index contributed by atoms with van der Waals surface area (Å²) in [4.78, 5) is 24.8. The molecule has 0 aromatic heterocycles. The van der Waals surface area contributed by atoms with Gasteiger partial charge in [-0.1, -0.05) is 6.07 Å². The molecule has 11 heteroatoms. The number of hydrogen-bond donors (Lipinski definition) is 2. The van der Waals surface area contributed by atoms with Crippen LogP contribution in [0, 0.1) is 0 Å². The number of amides is 2. The maximum absolute atomic E-state index is 12.8. The summed E-state index contributed by atoms with van der Waals surface area (Å²) in [5.41, 5.74) is 4.98. The van der Waals surface area contributed by atoms with E-state index in [1.807, 2.05) is 0 Å². The highest BCUT2D eigenvalue weighted by molar-refractivity contribution is 7.89. The van der Waals surface area contributed by atoms with Crippen LogP contribution in [-0.2, 0) is 14.8 Å². The van der Waals surface area contributed by atoms with Crippen LogP contribution in [0.15, 0.2) is 47.4 Å². The van der Waals surface area contributed by atoms with Crippen molar-refractivity contribution in [2.45, 2.75) is 4.90 Å². The molecule has 31 heavy (non-hydrogen) atoms. The third-order valence-electron chi connectivity index (χ3n) is 4.80. The molecular formula is C20H21N3O7S. The molecule has 4 rings (SSSR count). The lowest BCUT2D eigenvalue weighted by molar-refractivity contribution is 0.0730. The summed E-state index contributed by atoms with van der Waals surface area (Å²) in [6.07, 6.45) is 0. The van der Waals surface area contributed by atoms with Crippen molar-refractivity contribution < 1.29 is 32.2 Å². The molecule has 2 N–H and O–H groups in total. The lowest BCUT2D eigenvalue weighted by atomic mass is 10.2. The minimum Gasteiger partial charge on any atom is -0.486 e. The van der Waals surface area contributed by atoms with Gasteiger partial charge < -0.3 is 14.2 Å². The van der Waals surface area contributed by atoms with Gasteiger partial charge in [-0.05, 0) is 36.4 Å². The molecule has 0 atom stereocenters. The van der Waals surface area contributed by atoms with E-state index in [9.17, 15) is 18.0 Å². The van der Waals surface area contributed by atoms with Crippen LogP contribution >= 0.6 is 0 Å². The molecular weight excluding hydrogens is 426 g/mol. The summed E-state index contributed by atoms with van der Waals surface area (Å²) in [6.45, 7) is 1.98. The Morgan fingerprint density at radius 3 is 2.16 bits per heavy atom. The molecule has 10 nitrogen and oxygen atoms in total. The minimum absolute atomic E-state index is 0.000197. The number of benzene rings is 2. The number of morpholine rings is 1. The second-order valence-electron chi connectivity index (χ2n) is 6.81. The molecule has 0 spiro atoms. The number of carbonyl (C=O) groups excluding carboxylic acids is 2. The number of fused-ring (bicyclic) bond motifs is 1. The third kappa shape index (κ3) is 4.63. The van der Waals surface area contributed by atoms with Gasteiger partial charge in [-0.2, -0.15) is 4.31 Å². The molecule has 0 bridgehead atoms. The highest BCUT2D eigenvalue weighted by Crippen LogP contribution is 2.30. The van der Waals surface area contributed by atoms with Crippen molar-refractivity contribution in [3.05, 3.63) is 53.6 Å². The van der Waals surface area contributed by atoms with Crippen LogP contribution in [0.2, 0.25) is 0 Å². The van der Waals surface area contributed by atoms with E-state index in [0.717, 1.165) is 0 Å². The molecule has 2 aliphatic rings. The fourth-order valence-corrected chi connectivity index (χ4v) is 4.63. The van der Waals surface area contributed by atoms with E-state index < -0.39 is 21.8 Å². The summed E-state index contributed by atoms with van der Waals surface area (Å²) in [7, 11) is -3.74. The van der Waals surface area contributed by atoms with Gasteiger partial charge in [-0.3, -0.25) is 20.4 Å². The van der Waals surface area contributed by atoms with Crippen LogP contribution in [0.3, 0.4) is 0 Å². The first-order valence-electron chi connectivity index (χ1n) is 9.63. The average Bonchev–Trinajstić information content (AvgIpc) is 2.82. The third-order valence-corrected chi connectivity index (χ3v) is 6.69. The molecule has 2 aliphatic heterocycles. The Labute approximate surface area is 179 Å². The van der Waals surface area contributed by atoms with Gasteiger partial charge >= 0.3 is 0 Å². The van der Waals surface area contributed by atoms with Crippen molar-refractivity contribution in [2.75, 3.05) is 39.5 Å². The summed E-state index contributed by atoms with van der Waals surface area (Å²) >= 11 is 0. The smallest absolute Gasteiger partial charge is 0.269 e. The Morgan fingerprint density at radius 2 is 1.45 bits per heavy atom. The lowest BCUT2D eigenvalue weighted by Gasteiger charge is -2.26. The number of sulfonamides is 1. The first kappa shape index (κ1) is 21.1. The topological polar surface area (TPSA) is 123 Å². The monoisotopic (exact) mass is 447 g/mol. The SMILES string of the molecule is O=C(NNC(=O)c1ccc2c(c1)OCCO2)c1cccc(S(=O)(=O)N2CCOCC2)c1. The van der Waals surface area contributed by atoms with Crippen LogP contribution in [0.25, 0.3) is 0 Å². The standard InChI is InChI=1S/C20H21N3O7S/c24-19(21-22-20(25)15-4-5-17-18(13-15)30-11-10-29-17)14-2-1-3-16(12-14)31(26,27)23-6-8-28-9-7-23/h1-5,12-13H,6-11H2,(H,21,24)(H,22,25). The average molecular weight is 447 g/mol. The number of hydrazine groups is 1. The molecule has 164 valence electrons. The molecule has 1 fully saturated rings. The number of ether oxygens (including phenoxy) is 3. The van der Waals surface area contributed by atoms with E-state index in [1.165, 1.54) is 34.6 Å². The van der Waals surface area contributed by atoms with Crippen molar-refractivity contribution in [1.82, 2.24) is 15.2 Å². The highest BCUT2D eigenvalue weighted by Gasteiger charge is 2.27. The zero-order valence-corrected chi connectivity index (χ0v) is 17.3. The normalized spacial score (nSPS) is 16.4. The number of rotatable bonds is 4. The van der Waals surface area contributed by atoms with Gasteiger partial charge in [-0.15, -0.1) is 0 Å². The zero-order chi connectivity index (χ0) is 21.8. The lowest BCUT2D eigenvalue weighted by Crippen LogP contribution is -2.42. The molecule has 0 unspecified atom stereocenters. The molecule has 1 saturated heterocycles. The van der Waals surface area contributed by atoms with Crippen LogP contribution in [-0.4, -0.2) is 64.1 Å². The second kappa shape index (κ2) is 8.92. The Morgan fingerprint density at radius 1 is 0.806 bits per heavy atom. The van der Waals surface area contributed by atoms with Gasteiger partial charge in [0.25, 0.3) is 11.8 Å². The Hall–Kier alpha value is -3.15. The van der Waals surface area contributed by atoms with Gasteiger partial charge in [0.15, 0.2) is 11.5 Å². The summed E-state index contributed by atoms with van der Waals surface area (Å²) < 4.78 is 42.9. The molecule has 0 radical (unpaired) electrons. The van der Waals surface area contributed by atoms with Gasteiger partial charge in [0.2, 0.25) is 10.0 Å². The van der Waals surface area contributed by atoms with Crippen LogP contribution < -0.4 is 20.3 Å². The largest absolute Gasteiger partial charge is 0.486 e.